The summed E-state index contributed by atoms with van der Waals surface area (Å²) in [5.41, 5.74) is 1.50. The quantitative estimate of drug-likeness (QED) is 0.417. The van der Waals surface area contributed by atoms with E-state index in [2.05, 4.69) is 25.0 Å². The minimum Gasteiger partial charge on any atom is -0.474 e. The molecule has 3 aromatic rings. The molecule has 2 heterocycles. The fourth-order valence-corrected chi connectivity index (χ4v) is 5.20. The lowest BCUT2D eigenvalue weighted by molar-refractivity contribution is 0.0930. The molecular weight excluding hydrogens is 477 g/mol. The monoisotopic (exact) mass is 503 g/mol. The number of nitrogens with zero attached hydrogens (tertiary/aromatic N) is 3. The molecule has 0 saturated heterocycles. The van der Waals surface area contributed by atoms with Crippen LogP contribution in [0.1, 0.15) is 62.1 Å². The van der Waals surface area contributed by atoms with Crippen LogP contribution in [0.5, 0.6) is 5.88 Å². The number of hydrogen-bond donors (Lipinski definition) is 2. The zero-order valence-corrected chi connectivity index (χ0v) is 20.7. The number of anilines is 1. The van der Waals surface area contributed by atoms with E-state index in [4.69, 9.17) is 4.74 Å². The van der Waals surface area contributed by atoms with Crippen molar-refractivity contribution in [2.24, 2.45) is 0 Å². The number of benzene rings is 1. The number of thiazole rings is 1. The predicted molar refractivity (Wildman–Crippen MR) is 131 cm³/mol. The number of amides is 1. The van der Waals surface area contributed by atoms with Crippen molar-refractivity contribution in [1.29, 1.82) is 0 Å². The standard InChI is InChI=1S/C23H26FN5O3S2/c1-4-18(20-12-33-23(28-20)29-34(31)15-6-7-15)27-22(30)16-8-5-14(9-17(16)24)19-10-25-11-21(26-19)32-13(2)3/h5,8-13,15,18H,4,6-7H2,1-3H3,(H,27,30)(H,28,29). The van der Waals surface area contributed by atoms with E-state index in [0.29, 0.717) is 34.4 Å². The summed E-state index contributed by atoms with van der Waals surface area (Å²) >= 11 is 1.33. The Morgan fingerprint density at radius 1 is 1.29 bits per heavy atom. The topological polar surface area (TPSA) is 106 Å². The highest BCUT2D eigenvalue weighted by molar-refractivity contribution is 7.87. The predicted octanol–water partition coefficient (Wildman–Crippen LogP) is 4.65. The molecule has 1 aromatic carbocycles. The van der Waals surface area contributed by atoms with Crippen LogP contribution in [-0.4, -0.2) is 36.4 Å². The molecule has 0 spiro atoms. The maximum absolute atomic E-state index is 14.9. The van der Waals surface area contributed by atoms with Gasteiger partial charge in [-0.1, -0.05) is 13.0 Å². The first-order valence-electron chi connectivity index (χ1n) is 11.1. The second kappa shape index (κ2) is 10.6. The third kappa shape index (κ3) is 5.95. The average Bonchev–Trinajstić information content (AvgIpc) is 3.56. The maximum Gasteiger partial charge on any atom is 0.254 e. The van der Waals surface area contributed by atoms with Gasteiger partial charge in [-0.3, -0.25) is 14.5 Å². The van der Waals surface area contributed by atoms with E-state index < -0.39 is 28.8 Å². The number of aromatic nitrogens is 3. The van der Waals surface area contributed by atoms with Crippen molar-refractivity contribution in [3.63, 3.8) is 0 Å². The molecule has 1 saturated carbocycles. The normalized spacial score (nSPS) is 15.1. The van der Waals surface area contributed by atoms with E-state index in [1.807, 2.05) is 26.2 Å². The smallest absolute Gasteiger partial charge is 0.254 e. The van der Waals surface area contributed by atoms with E-state index in [1.54, 1.807) is 6.07 Å². The lowest BCUT2D eigenvalue weighted by Crippen LogP contribution is -2.29. The minimum absolute atomic E-state index is 0.0659. The molecule has 1 fully saturated rings. The van der Waals surface area contributed by atoms with Crippen molar-refractivity contribution in [3.8, 4) is 17.1 Å². The summed E-state index contributed by atoms with van der Waals surface area (Å²) in [4.78, 5) is 25.7. The van der Waals surface area contributed by atoms with E-state index >= 15 is 0 Å². The summed E-state index contributed by atoms with van der Waals surface area (Å²) in [5.74, 6) is -0.858. The maximum atomic E-state index is 14.9. The number of carbonyl (C=O) groups excluding carboxylic acids is 1. The number of carbonyl (C=O) groups is 1. The van der Waals surface area contributed by atoms with Gasteiger partial charge in [0.05, 0.1) is 46.7 Å². The van der Waals surface area contributed by atoms with Gasteiger partial charge < -0.3 is 10.1 Å². The molecule has 1 aliphatic rings. The average molecular weight is 504 g/mol. The lowest BCUT2D eigenvalue weighted by Gasteiger charge is -2.15. The summed E-state index contributed by atoms with van der Waals surface area (Å²) in [5, 5.41) is 5.40. The highest BCUT2D eigenvalue weighted by Gasteiger charge is 2.29. The van der Waals surface area contributed by atoms with Gasteiger partial charge in [-0.25, -0.2) is 18.6 Å². The van der Waals surface area contributed by atoms with E-state index in [9.17, 15) is 13.4 Å². The minimum atomic E-state index is -1.14. The molecule has 0 aliphatic heterocycles. The Morgan fingerprint density at radius 2 is 2.09 bits per heavy atom. The fourth-order valence-electron chi connectivity index (χ4n) is 3.21. The molecule has 1 amide bonds. The van der Waals surface area contributed by atoms with Crippen molar-refractivity contribution in [3.05, 3.63) is 53.0 Å². The summed E-state index contributed by atoms with van der Waals surface area (Å²) in [7, 11) is -1.14. The van der Waals surface area contributed by atoms with Crippen molar-refractivity contribution in [2.75, 3.05) is 4.72 Å². The van der Waals surface area contributed by atoms with Crippen LogP contribution in [0, 0.1) is 5.82 Å². The van der Waals surface area contributed by atoms with Crippen LogP contribution in [-0.2, 0) is 11.0 Å². The Hall–Kier alpha value is -2.92. The SMILES string of the molecule is CCC(NC(=O)c1ccc(-c2cncc(OC(C)C)n2)cc1F)c1csc(NS(=O)C2CC2)n1. The van der Waals surface area contributed by atoms with E-state index in [1.165, 1.54) is 35.9 Å². The van der Waals surface area contributed by atoms with Gasteiger partial charge in [-0.15, -0.1) is 11.3 Å². The first-order chi connectivity index (χ1) is 16.3. The van der Waals surface area contributed by atoms with Gasteiger partial charge in [0.15, 0.2) is 5.13 Å². The van der Waals surface area contributed by atoms with Crippen LogP contribution in [0.15, 0.2) is 36.0 Å². The summed E-state index contributed by atoms with van der Waals surface area (Å²) in [6.07, 6.45) is 5.43. The Morgan fingerprint density at radius 3 is 2.76 bits per heavy atom. The van der Waals surface area contributed by atoms with Crippen LogP contribution in [0.25, 0.3) is 11.3 Å². The lowest BCUT2D eigenvalue weighted by atomic mass is 10.1. The zero-order chi connectivity index (χ0) is 24.2. The molecule has 11 heteroatoms. The van der Waals surface area contributed by atoms with Gasteiger partial charge in [0.1, 0.15) is 16.8 Å². The van der Waals surface area contributed by atoms with Crippen molar-refractivity contribution in [2.45, 2.75) is 57.4 Å². The molecule has 4 rings (SSSR count). The van der Waals surface area contributed by atoms with Gasteiger partial charge in [0, 0.05) is 10.9 Å². The Kier molecular flexibility index (Phi) is 7.52. The first kappa shape index (κ1) is 24.2. The third-order valence-electron chi connectivity index (χ3n) is 5.09. The first-order valence-corrected chi connectivity index (χ1v) is 13.2. The van der Waals surface area contributed by atoms with Crippen LogP contribution >= 0.6 is 11.3 Å². The van der Waals surface area contributed by atoms with Crippen molar-refractivity contribution >= 4 is 33.4 Å². The zero-order valence-electron chi connectivity index (χ0n) is 19.1. The Labute approximate surface area is 204 Å². The summed E-state index contributed by atoms with van der Waals surface area (Å²) in [6, 6.07) is 3.91. The van der Waals surface area contributed by atoms with Gasteiger partial charge in [-0.05, 0) is 45.2 Å². The second-order valence-electron chi connectivity index (χ2n) is 8.21. The number of ether oxygens (including phenoxy) is 1. The molecule has 2 aromatic heterocycles. The number of hydrogen-bond acceptors (Lipinski definition) is 7. The molecule has 2 unspecified atom stereocenters. The molecule has 34 heavy (non-hydrogen) atoms. The van der Waals surface area contributed by atoms with Crippen LogP contribution < -0.4 is 14.8 Å². The molecule has 1 aliphatic carbocycles. The summed E-state index contributed by atoms with van der Waals surface area (Å²) < 4.78 is 35.4. The molecular formula is C23H26FN5O3S2. The molecule has 2 N–H and O–H groups in total. The molecule has 2 atom stereocenters. The van der Waals surface area contributed by atoms with Gasteiger partial charge in [-0.2, -0.15) is 0 Å². The summed E-state index contributed by atoms with van der Waals surface area (Å²) in [6.45, 7) is 5.66. The largest absolute Gasteiger partial charge is 0.474 e. The Bertz CT molecular complexity index is 1200. The number of nitrogens with one attached hydrogen (secondary N) is 2. The highest BCUT2D eigenvalue weighted by atomic mass is 32.2. The van der Waals surface area contributed by atoms with Crippen molar-refractivity contribution < 1.29 is 18.1 Å². The van der Waals surface area contributed by atoms with Crippen LogP contribution in [0.3, 0.4) is 0 Å². The van der Waals surface area contributed by atoms with E-state index in [-0.39, 0.29) is 16.9 Å². The van der Waals surface area contributed by atoms with E-state index in [0.717, 1.165) is 12.8 Å². The second-order valence-corrected chi connectivity index (χ2v) is 10.5. The number of rotatable bonds is 10. The molecule has 8 nitrogen and oxygen atoms in total. The van der Waals surface area contributed by atoms with Crippen LogP contribution in [0.2, 0.25) is 0 Å². The van der Waals surface area contributed by atoms with Gasteiger partial charge >= 0.3 is 0 Å². The Balaban J connectivity index is 1.45. The highest BCUT2D eigenvalue weighted by Crippen LogP contribution is 2.29. The molecule has 0 radical (unpaired) electrons. The van der Waals surface area contributed by atoms with Gasteiger partial charge in [0.25, 0.3) is 5.91 Å². The number of halogens is 1. The fraction of sp³-hybridized carbons (Fsp3) is 0.391. The molecule has 180 valence electrons. The third-order valence-corrected chi connectivity index (χ3v) is 7.46. The molecule has 0 bridgehead atoms. The van der Waals surface area contributed by atoms with Crippen LogP contribution in [0.4, 0.5) is 9.52 Å². The van der Waals surface area contributed by atoms with Gasteiger partial charge in [0.2, 0.25) is 5.88 Å². The van der Waals surface area contributed by atoms with Crippen molar-refractivity contribution in [1.82, 2.24) is 20.3 Å².